The molecule has 0 N–H and O–H groups in total. The van der Waals surface area contributed by atoms with Crippen LogP contribution >= 0.6 is 0 Å². The van der Waals surface area contributed by atoms with Gasteiger partial charge in [-0.25, -0.2) is 12.7 Å². The van der Waals surface area contributed by atoms with E-state index in [2.05, 4.69) is 0 Å². The standard InChI is InChI=1S/C18H21NO3S/c1-3-22-18-13-10-15-6-4-5-7-17(15)19(18)23(20,21)16-11-8-14(2)9-12-16/h4-9,11-12,18H,3,10,13H2,1-2H3. The summed E-state index contributed by atoms with van der Waals surface area (Å²) in [7, 11) is -3.66. The molecule has 1 aliphatic heterocycles. The SMILES string of the molecule is CCOC1CCc2ccccc2N1S(=O)(=O)c1ccc(C)cc1. The molecule has 0 amide bonds. The van der Waals surface area contributed by atoms with Crippen molar-refractivity contribution in [2.24, 2.45) is 0 Å². The van der Waals surface area contributed by atoms with Crippen LogP contribution in [0.25, 0.3) is 0 Å². The maximum Gasteiger partial charge on any atom is 0.266 e. The van der Waals surface area contributed by atoms with Crippen molar-refractivity contribution in [1.82, 2.24) is 0 Å². The molecule has 1 atom stereocenters. The fourth-order valence-corrected chi connectivity index (χ4v) is 4.56. The minimum absolute atomic E-state index is 0.296. The third kappa shape index (κ3) is 2.99. The predicted octanol–water partition coefficient (Wildman–Crippen LogP) is 3.50. The normalized spacial score (nSPS) is 17.8. The molecular weight excluding hydrogens is 310 g/mol. The van der Waals surface area contributed by atoms with Crippen LogP contribution in [0.4, 0.5) is 5.69 Å². The van der Waals surface area contributed by atoms with Crippen molar-refractivity contribution in [3.05, 3.63) is 59.7 Å². The van der Waals surface area contributed by atoms with E-state index in [0.29, 0.717) is 17.9 Å². The van der Waals surface area contributed by atoms with Crippen molar-refractivity contribution in [3.8, 4) is 0 Å². The van der Waals surface area contributed by atoms with Gasteiger partial charge in [0.15, 0.2) is 0 Å². The molecule has 4 nitrogen and oxygen atoms in total. The highest BCUT2D eigenvalue weighted by Gasteiger charge is 2.36. The van der Waals surface area contributed by atoms with Crippen LogP contribution in [0.1, 0.15) is 24.5 Å². The Morgan fingerprint density at radius 1 is 1.13 bits per heavy atom. The summed E-state index contributed by atoms with van der Waals surface area (Å²) in [6.45, 7) is 4.31. The summed E-state index contributed by atoms with van der Waals surface area (Å²) in [5.41, 5.74) is 2.79. The lowest BCUT2D eigenvalue weighted by atomic mass is 10.0. The third-order valence-corrected chi connectivity index (χ3v) is 5.91. The lowest BCUT2D eigenvalue weighted by Gasteiger charge is -2.37. The highest BCUT2D eigenvalue weighted by molar-refractivity contribution is 7.92. The van der Waals surface area contributed by atoms with Gasteiger partial charge in [0.05, 0.1) is 10.6 Å². The Balaban J connectivity index is 2.11. The number of fused-ring (bicyclic) bond motifs is 1. The molecule has 0 spiro atoms. The highest BCUT2D eigenvalue weighted by atomic mass is 32.2. The van der Waals surface area contributed by atoms with Gasteiger partial charge in [0.25, 0.3) is 10.0 Å². The zero-order valence-electron chi connectivity index (χ0n) is 13.4. The van der Waals surface area contributed by atoms with Gasteiger partial charge in [-0.05, 0) is 50.5 Å². The van der Waals surface area contributed by atoms with Crippen LogP contribution in [-0.2, 0) is 21.2 Å². The Hall–Kier alpha value is -1.85. The summed E-state index contributed by atoms with van der Waals surface area (Å²) >= 11 is 0. The maximum absolute atomic E-state index is 13.2. The second-order valence-electron chi connectivity index (χ2n) is 5.69. The lowest BCUT2D eigenvalue weighted by molar-refractivity contribution is 0.0625. The average molecular weight is 331 g/mol. The molecule has 3 rings (SSSR count). The molecule has 0 saturated carbocycles. The molecule has 1 heterocycles. The van der Waals surface area contributed by atoms with E-state index in [1.165, 1.54) is 4.31 Å². The summed E-state index contributed by atoms with van der Waals surface area (Å²) in [4.78, 5) is 0.296. The molecule has 23 heavy (non-hydrogen) atoms. The van der Waals surface area contributed by atoms with Crippen LogP contribution in [-0.4, -0.2) is 21.3 Å². The zero-order chi connectivity index (χ0) is 16.4. The first-order chi connectivity index (χ1) is 11.0. The minimum Gasteiger partial charge on any atom is -0.358 e. The lowest BCUT2D eigenvalue weighted by Crippen LogP contribution is -2.45. The van der Waals surface area contributed by atoms with Gasteiger partial charge in [-0.2, -0.15) is 0 Å². The van der Waals surface area contributed by atoms with Crippen LogP contribution < -0.4 is 4.31 Å². The summed E-state index contributed by atoms with van der Waals surface area (Å²) in [6, 6.07) is 14.6. The van der Waals surface area contributed by atoms with Gasteiger partial charge in [-0.15, -0.1) is 0 Å². The van der Waals surface area contributed by atoms with Crippen molar-refractivity contribution in [3.63, 3.8) is 0 Å². The number of nitrogens with zero attached hydrogens (tertiary/aromatic N) is 1. The minimum atomic E-state index is -3.66. The topological polar surface area (TPSA) is 46.6 Å². The molecule has 0 radical (unpaired) electrons. The molecule has 0 aliphatic carbocycles. The molecule has 2 aromatic carbocycles. The Labute approximate surface area is 137 Å². The largest absolute Gasteiger partial charge is 0.358 e. The summed E-state index contributed by atoms with van der Waals surface area (Å²) in [5, 5.41) is 0. The average Bonchev–Trinajstić information content (AvgIpc) is 2.55. The summed E-state index contributed by atoms with van der Waals surface area (Å²) < 4.78 is 33.6. The van der Waals surface area contributed by atoms with E-state index in [1.807, 2.05) is 50.2 Å². The molecular formula is C18H21NO3S. The molecule has 0 saturated heterocycles. The number of anilines is 1. The smallest absolute Gasteiger partial charge is 0.266 e. The Morgan fingerprint density at radius 2 is 1.83 bits per heavy atom. The van der Waals surface area contributed by atoms with E-state index in [9.17, 15) is 8.42 Å². The number of sulfonamides is 1. The number of para-hydroxylation sites is 1. The van der Waals surface area contributed by atoms with Gasteiger partial charge in [-0.3, -0.25) is 0 Å². The van der Waals surface area contributed by atoms with Crippen molar-refractivity contribution < 1.29 is 13.2 Å². The van der Waals surface area contributed by atoms with Crippen molar-refractivity contribution in [2.45, 2.75) is 37.8 Å². The molecule has 122 valence electrons. The molecule has 2 aromatic rings. The van der Waals surface area contributed by atoms with Gasteiger partial charge in [0.2, 0.25) is 0 Å². The summed E-state index contributed by atoms with van der Waals surface area (Å²) in [6.07, 6.45) is 1.03. The third-order valence-electron chi connectivity index (χ3n) is 4.09. The number of aryl methyl sites for hydroxylation is 2. The zero-order valence-corrected chi connectivity index (χ0v) is 14.2. The Bertz CT molecular complexity index is 784. The van der Waals surface area contributed by atoms with Gasteiger partial charge in [-0.1, -0.05) is 35.9 Å². The van der Waals surface area contributed by atoms with E-state index < -0.39 is 16.3 Å². The predicted molar refractivity (Wildman–Crippen MR) is 91.0 cm³/mol. The molecule has 0 bridgehead atoms. The van der Waals surface area contributed by atoms with Gasteiger partial charge in [0, 0.05) is 6.61 Å². The maximum atomic E-state index is 13.2. The van der Waals surface area contributed by atoms with Crippen LogP contribution in [0.3, 0.4) is 0 Å². The van der Waals surface area contributed by atoms with E-state index in [0.717, 1.165) is 23.2 Å². The number of hydrogen-bond acceptors (Lipinski definition) is 3. The van der Waals surface area contributed by atoms with E-state index in [4.69, 9.17) is 4.74 Å². The second kappa shape index (κ2) is 6.34. The van der Waals surface area contributed by atoms with Crippen LogP contribution in [0.2, 0.25) is 0 Å². The van der Waals surface area contributed by atoms with Crippen molar-refractivity contribution in [1.29, 1.82) is 0 Å². The number of ether oxygens (including phenoxy) is 1. The molecule has 5 heteroatoms. The van der Waals surface area contributed by atoms with E-state index in [-0.39, 0.29) is 0 Å². The fourth-order valence-electron chi connectivity index (χ4n) is 2.94. The Morgan fingerprint density at radius 3 is 2.52 bits per heavy atom. The quantitative estimate of drug-likeness (QED) is 0.861. The van der Waals surface area contributed by atoms with Gasteiger partial charge < -0.3 is 4.74 Å². The number of hydrogen-bond donors (Lipinski definition) is 0. The Kier molecular flexibility index (Phi) is 4.41. The number of benzene rings is 2. The molecule has 1 aliphatic rings. The second-order valence-corrected chi connectivity index (χ2v) is 7.51. The highest BCUT2D eigenvalue weighted by Crippen LogP contribution is 2.35. The van der Waals surface area contributed by atoms with Crippen LogP contribution in [0.5, 0.6) is 0 Å². The number of rotatable bonds is 4. The molecule has 0 fully saturated rings. The van der Waals surface area contributed by atoms with Crippen LogP contribution in [0.15, 0.2) is 53.4 Å². The first kappa shape index (κ1) is 16.0. The van der Waals surface area contributed by atoms with Crippen molar-refractivity contribution >= 4 is 15.7 Å². The monoisotopic (exact) mass is 331 g/mol. The van der Waals surface area contributed by atoms with Crippen molar-refractivity contribution in [2.75, 3.05) is 10.9 Å². The summed E-state index contributed by atoms with van der Waals surface area (Å²) in [5.74, 6) is 0. The van der Waals surface area contributed by atoms with E-state index in [1.54, 1.807) is 12.1 Å². The fraction of sp³-hybridized carbons (Fsp3) is 0.333. The molecule has 1 unspecified atom stereocenters. The van der Waals surface area contributed by atoms with Crippen LogP contribution in [0, 0.1) is 6.92 Å². The first-order valence-electron chi connectivity index (χ1n) is 7.84. The van der Waals surface area contributed by atoms with Gasteiger partial charge in [0.1, 0.15) is 6.23 Å². The van der Waals surface area contributed by atoms with E-state index >= 15 is 0 Å². The first-order valence-corrected chi connectivity index (χ1v) is 9.28. The van der Waals surface area contributed by atoms with Gasteiger partial charge >= 0.3 is 0 Å². The molecule has 0 aromatic heterocycles.